The number of anilines is 1. The molecule has 2 atom stereocenters. The van der Waals surface area contributed by atoms with Gasteiger partial charge in [-0.25, -0.2) is 4.98 Å². The number of hydrogen-bond donors (Lipinski definition) is 3. The van der Waals surface area contributed by atoms with Crippen LogP contribution in [-0.4, -0.2) is 41.0 Å². The van der Waals surface area contributed by atoms with Gasteiger partial charge in [0.05, 0.1) is 34.5 Å². The molecule has 0 spiro atoms. The first-order chi connectivity index (χ1) is 12.3. The maximum absolute atomic E-state index is 12.8. The Morgan fingerprint density at radius 2 is 2.19 bits per heavy atom. The molecule has 0 unspecified atom stereocenters. The summed E-state index contributed by atoms with van der Waals surface area (Å²) in [4.78, 5) is 31.1. The van der Waals surface area contributed by atoms with Crippen LogP contribution in [0.4, 0.5) is 19.1 Å². The van der Waals surface area contributed by atoms with Crippen molar-refractivity contribution in [2.45, 2.75) is 25.1 Å². The number of rotatable bonds is 2. The summed E-state index contributed by atoms with van der Waals surface area (Å²) in [5.41, 5.74) is -1.22. The maximum Gasteiger partial charge on any atom is 0.416 e. The molecule has 3 N–H and O–H groups in total. The molecular weight excluding hydrogens is 353 g/mol. The number of aromatic amines is 1. The lowest BCUT2D eigenvalue weighted by atomic mass is 9.76. The van der Waals surface area contributed by atoms with Gasteiger partial charge in [0, 0.05) is 13.2 Å². The van der Waals surface area contributed by atoms with Gasteiger partial charge in [0.25, 0.3) is 0 Å². The summed E-state index contributed by atoms with van der Waals surface area (Å²) in [5.74, 6) is -0.500. The highest BCUT2D eigenvalue weighted by Crippen LogP contribution is 2.39. The summed E-state index contributed by atoms with van der Waals surface area (Å²) in [7, 11) is 0. The zero-order valence-corrected chi connectivity index (χ0v) is 13.4. The number of carbonyl (C=O) groups excluding carboxylic acids is 2. The van der Waals surface area contributed by atoms with Gasteiger partial charge in [-0.15, -0.1) is 0 Å². The first-order valence-electron chi connectivity index (χ1n) is 8.05. The van der Waals surface area contributed by atoms with Crippen LogP contribution in [0.3, 0.4) is 0 Å². The van der Waals surface area contributed by atoms with Crippen LogP contribution in [0.5, 0.6) is 0 Å². The van der Waals surface area contributed by atoms with Crippen molar-refractivity contribution >= 4 is 28.8 Å². The fraction of sp³-hybridized carbons (Fsp3) is 0.438. The number of imidazole rings is 1. The molecule has 2 saturated heterocycles. The lowest BCUT2D eigenvalue weighted by molar-refractivity contribution is -0.138. The van der Waals surface area contributed by atoms with Crippen molar-refractivity contribution in [2.75, 3.05) is 18.5 Å². The van der Waals surface area contributed by atoms with Crippen molar-refractivity contribution in [3.05, 3.63) is 23.8 Å². The largest absolute Gasteiger partial charge is 0.416 e. The van der Waals surface area contributed by atoms with Crippen molar-refractivity contribution in [3.8, 4) is 0 Å². The third-order valence-corrected chi connectivity index (χ3v) is 4.95. The van der Waals surface area contributed by atoms with Gasteiger partial charge in [-0.1, -0.05) is 0 Å². The molecule has 3 heterocycles. The number of hydrogen-bond acceptors (Lipinski definition) is 4. The summed E-state index contributed by atoms with van der Waals surface area (Å²) in [6.07, 6.45) is -4.43. The third kappa shape index (κ3) is 2.70. The summed E-state index contributed by atoms with van der Waals surface area (Å²) in [6, 6.07) is 3.12. The van der Waals surface area contributed by atoms with Gasteiger partial charge in [-0.3, -0.25) is 14.9 Å². The number of H-pyrrole nitrogens is 1. The molecule has 2 aliphatic heterocycles. The Kier molecular flexibility index (Phi) is 3.69. The standard InChI is InChI=1S/C16H15F3N4O3/c17-16(18,19)8-1-2-9-10(5-8)22-14(21-9)23-13(25)15-3-4-26-11(15)6-12(24)20-7-15/h1-2,5,11H,3-4,6-7H2,(H,20,24)(H2,21,22,23,25)/t11-,15-/m0/s1. The summed E-state index contributed by atoms with van der Waals surface area (Å²) in [5, 5.41) is 5.29. The lowest BCUT2D eigenvalue weighted by Crippen LogP contribution is -2.56. The third-order valence-electron chi connectivity index (χ3n) is 4.95. The minimum Gasteiger partial charge on any atom is -0.376 e. The quantitative estimate of drug-likeness (QED) is 0.753. The molecule has 2 amide bonds. The molecule has 4 rings (SSSR count). The van der Waals surface area contributed by atoms with E-state index in [1.54, 1.807) is 0 Å². The van der Waals surface area contributed by atoms with E-state index in [0.29, 0.717) is 18.5 Å². The van der Waals surface area contributed by atoms with Gasteiger partial charge < -0.3 is 15.0 Å². The SMILES string of the molecule is O=C1C[C@@H]2OCC[C@]2(C(=O)Nc2nc3ccc(C(F)(F)F)cc3[nH]2)CN1. The monoisotopic (exact) mass is 368 g/mol. The number of nitrogens with one attached hydrogen (secondary N) is 3. The van der Waals surface area contributed by atoms with Gasteiger partial charge >= 0.3 is 6.18 Å². The van der Waals surface area contributed by atoms with Crippen LogP contribution in [-0.2, 0) is 20.5 Å². The molecule has 138 valence electrons. The maximum atomic E-state index is 12.8. The van der Waals surface area contributed by atoms with E-state index in [0.717, 1.165) is 12.1 Å². The first-order valence-corrected chi connectivity index (χ1v) is 8.05. The van der Waals surface area contributed by atoms with Crippen LogP contribution in [0.25, 0.3) is 11.0 Å². The summed E-state index contributed by atoms with van der Waals surface area (Å²) >= 11 is 0. The van der Waals surface area contributed by atoms with E-state index in [1.807, 2.05) is 0 Å². The Labute approximate surface area is 145 Å². The molecule has 0 aliphatic carbocycles. The zero-order valence-electron chi connectivity index (χ0n) is 13.4. The first kappa shape index (κ1) is 16.8. The van der Waals surface area contributed by atoms with E-state index in [-0.39, 0.29) is 36.2 Å². The van der Waals surface area contributed by atoms with Crippen molar-refractivity contribution in [1.82, 2.24) is 15.3 Å². The molecule has 2 aromatic rings. The molecule has 1 aromatic heterocycles. The van der Waals surface area contributed by atoms with Crippen molar-refractivity contribution in [2.24, 2.45) is 5.41 Å². The number of alkyl halides is 3. The Bertz CT molecular complexity index is 894. The number of amides is 2. The molecule has 0 radical (unpaired) electrons. The summed E-state index contributed by atoms with van der Waals surface area (Å²) in [6.45, 7) is 0.517. The highest BCUT2D eigenvalue weighted by Gasteiger charge is 2.53. The van der Waals surface area contributed by atoms with Gasteiger partial charge in [0.1, 0.15) is 0 Å². The zero-order chi connectivity index (χ0) is 18.5. The minimum absolute atomic E-state index is 0.0567. The number of benzene rings is 1. The average Bonchev–Trinajstić information content (AvgIpc) is 3.16. The highest BCUT2D eigenvalue weighted by molar-refractivity contribution is 5.97. The number of ether oxygens (including phenoxy) is 1. The Morgan fingerprint density at radius 1 is 1.38 bits per heavy atom. The van der Waals surface area contributed by atoms with E-state index >= 15 is 0 Å². The second-order valence-corrected chi connectivity index (χ2v) is 6.52. The number of halogens is 3. The minimum atomic E-state index is -4.46. The van der Waals surface area contributed by atoms with Gasteiger partial charge in [0.15, 0.2) is 0 Å². The molecule has 2 aliphatic rings. The van der Waals surface area contributed by atoms with E-state index in [1.165, 1.54) is 6.07 Å². The van der Waals surface area contributed by atoms with Crippen LogP contribution in [0, 0.1) is 5.41 Å². The molecule has 10 heteroatoms. The van der Waals surface area contributed by atoms with Crippen LogP contribution in [0.15, 0.2) is 18.2 Å². The van der Waals surface area contributed by atoms with Crippen LogP contribution >= 0.6 is 0 Å². The molecule has 26 heavy (non-hydrogen) atoms. The number of piperidine rings is 1. The predicted octanol–water partition coefficient (Wildman–Crippen LogP) is 1.82. The Hall–Kier alpha value is -2.62. The summed E-state index contributed by atoms with van der Waals surface area (Å²) < 4.78 is 43.9. The number of nitrogens with zero attached hydrogens (tertiary/aromatic N) is 1. The number of carbonyl (C=O) groups is 2. The van der Waals surface area contributed by atoms with Crippen molar-refractivity contribution in [1.29, 1.82) is 0 Å². The fourth-order valence-corrected chi connectivity index (χ4v) is 3.47. The van der Waals surface area contributed by atoms with Crippen LogP contribution in [0.2, 0.25) is 0 Å². The van der Waals surface area contributed by atoms with Gasteiger partial charge in [-0.05, 0) is 24.6 Å². The molecule has 2 fully saturated rings. The number of fused-ring (bicyclic) bond motifs is 2. The van der Waals surface area contributed by atoms with Gasteiger partial charge in [-0.2, -0.15) is 13.2 Å². The topological polar surface area (TPSA) is 96.1 Å². The molecule has 0 bridgehead atoms. The highest BCUT2D eigenvalue weighted by atomic mass is 19.4. The number of aromatic nitrogens is 2. The lowest BCUT2D eigenvalue weighted by Gasteiger charge is -2.35. The van der Waals surface area contributed by atoms with E-state index in [9.17, 15) is 22.8 Å². The second-order valence-electron chi connectivity index (χ2n) is 6.52. The van der Waals surface area contributed by atoms with Crippen LogP contribution in [0.1, 0.15) is 18.4 Å². The van der Waals surface area contributed by atoms with E-state index < -0.39 is 23.3 Å². The van der Waals surface area contributed by atoms with Crippen molar-refractivity contribution in [3.63, 3.8) is 0 Å². The predicted molar refractivity (Wildman–Crippen MR) is 84.1 cm³/mol. The smallest absolute Gasteiger partial charge is 0.376 e. The second kappa shape index (κ2) is 5.70. The molecule has 1 aromatic carbocycles. The Morgan fingerprint density at radius 3 is 2.96 bits per heavy atom. The average molecular weight is 368 g/mol. The van der Waals surface area contributed by atoms with E-state index in [2.05, 4.69) is 20.6 Å². The van der Waals surface area contributed by atoms with Crippen LogP contribution < -0.4 is 10.6 Å². The van der Waals surface area contributed by atoms with Crippen molar-refractivity contribution < 1.29 is 27.5 Å². The molecule has 0 saturated carbocycles. The molecule has 7 nitrogen and oxygen atoms in total. The van der Waals surface area contributed by atoms with E-state index in [4.69, 9.17) is 4.74 Å². The van der Waals surface area contributed by atoms with Gasteiger partial charge in [0.2, 0.25) is 17.8 Å². The normalized spacial score (nSPS) is 25.8. The Balaban J connectivity index is 1.59. The molecular formula is C16H15F3N4O3. The fourth-order valence-electron chi connectivity index (χ4n) is 3.47.